The zero-order valence-electron chi connectivity index (χ0n) is 13.6. The number of aromatic nitrogens is 3. The summed E-state index contributed by atoms with van der Waals surface area (Å²) in [6, 6.07) is 5.47. The van der Waals surface area contributed by atoms with Gasteiger partial charge in [0.2, 0.25) is 0 Å². The Balaban J connectivity index is 2.15. The van der Waals surface area contributed by atoms with Crippen LogP contribution in [0.15, 0.2) is 35.7 Å². The van der Waals surface area contributed by atoms with Crippen LogP contribution in [0.1, 0.15) is 25.3 Å². The summed E-state index contributed by atoms with van der Waals surface area (Å²) in [7, 11) is 1.79. The second kappa shape index (κ2) is 6.52. The van der Waals surface area contributed by atoms with E-state index in [9.17, 15) is 10.2 Å². The smallest absolute Gasteiger partial charge is 0.199 e. The minimum absolute atomic E-state index is 0.148. The fourth-order valence-electron chi connectivity index (χ4n) is 2.85. The van der Waals surface area contributed by atoms with Crippen molar-refractivity contribution in [2.75, 3.05) is 7.05 Å². The van der Waals surface area contributed by atoms with Gasteiger partial charge < -0.3 is 15.5 Å². The standard InChI is InChI=1S/C17H20N4O2S/c1-3-10-4-7-14(22)12(8-10)16-19-20-17(24)21(16)11-5-6-13(18-2)15(23)9-11/h4,7-9,18,22-23H,3,5-6H2,1-2H3,(H,20,24). The molecule has 0 aliphatic heterocycles. The highest BCUT2D eigenvalue weighted by Crippen LogP contribution is 2.33. The van der Waals surface area contributed by atoms with Crippen LogP contribution in [0.25, 0.3) is 17.1 Å². The Bertz CT molecular complexity index is 892. The molecule has 0 atom stereocenters. The molecule has 0 spiro atoms. The molecule has 0 saturated carbocycles. The number of aromatic amines is 1. The molecule has 1 aliphatic carbocycles. The third-order valence-corrected chi connectivity index (χ3v) is 4.49. The fraction of sp³-hybridized carbons (Fsp3) is 0.294. The number of aliphatic hydroxyl groups is 1. The Labute approximate surface area is 145 Å². The van der Waals surface area contributed by atoms with E-state index in [0.29, 0.717) is 29.0 Å². The van der Waals surface area contributed by atoms with Gasteiger partial charge in [-0.15, -0.1) is 0 Å². The maximum atomic E-state index is 10.3. The minimum atomic E-state index is 0.148. The molecule has 0 unspecified atom stereocenters. The van der Waals surface area contributed by atoms with Crippen LogP contribution >= 0.6 is 12.2 Å². The fourth-order valence-corrected chi connectivity index (χ4v) is 3.10. The van der Waals surface area contributed by atoms with Gasteiger partial charge in [-0.25, -0.2) is 0 Å². The monoisotopic (exact) mass is 344 g/mol. The quantitative estimate of drug-likeness (QED) is 0.638. The molecule has 2 aromatic rings. The van der Waals surface area contributed by atoms with Gasteiger partial charge in [0.25, 0.3) is 0 Å². The topological polar surface area (TPSA) is 86.1 Å². The van der Waals surface area contributed by atoms with Crippen molar-refractivity contribution in [1.29, 1.82) is 0 Å². The second-order valence-electron chi connectivity index (χ2n) is 5.64. The first-order chi connectivity index (χ1) is 11.5. The molecular formula is C17H20N4O2S. The summed E-state index contributed by atoms with van der Waals surface area (Å²) in [6.45, 7) is 2.05. The highest BCUT2D eigenvalue weighted by atomic mass is 32.1. The van der Waals surface area contributed by atoms with Crippen LogP contribution in [-0.2, 0) is 6.42 Å². The number of phenols is 1. The Kier molecular flexibility index (Phi) is 4.44. The normalized spacial score (nSPS) is 14.7. The van der Waals surface area contributed by atoms with Gasteiger partial charge in [-0.3, -0.25) is 9.67 Å². The predicted molar refractivity (Wildman–Crippen MR) is 96.1 cm³/mol. The van der Waals surface area contributed by atoms with E-state index in [1.807, 2.05) is 12.1 Å². The van der Waals surface area contributed by atoms with E-state index in [1.54, 1.807) is 23.8 Å². The van der Waals surface area contributed by atoms with Crippen LogP contribution in [0.4, 0.5) is 0 Å². The van der Waals surface area contributed by atoms with Gasteiger partial charge >= 0.3 is 0 Å². The van der Waals surface area contributed by atoms with Crippen molar-refractivity contribution >= 4 is 17.9 Å². The first kappa shape index (κ1) is 16.3. The predicted octanol–water partition coefficient (Wildman–Crippen LogP) is 3.50. The number of aryl methyl sites for hydroxylation is 1. The molecule has 1 aliphatic rings. The minimum Gasteiger partial charge on any atom is -0.507 e. The van der Waals surface area contributed by atoms with Gasteiger partial charge in [-0.1, -0.05) is 13.0 Å². The van der Waals surface area contributed by atoms with Gasteiger partial charge in [0, 0.05) is 18.8 Å². The number of hydrogen-bond donors (Lipinski definition) is 4. The molecule has 0 radical (unpaired) electrons. The number of nitrogens with zero attached hydrogens (tertiary/aromatic N) is 2. The number of phenolic OH excluding ortho intramolecular Hbond substituents is 1. The van der Waals surface area contributed by atoms with E-state index < -0.39 is 0 Å². The third kappa shape index (κ3) is 2.82. The number of benzene rings is 1. The van der Waals surface area contributed by atoms with Gasteiger partial charge in [-0.05, 0) is 49.2 Å². The van der Waals surface area contributed by atoms with Crippen molar-refractivity contribution in [1.82, 2.24) is 20.1 Å². The lowest BCUT2D eigenvalue weighted by atomic mass is 10.0. The van der Waals surface area contributed by atoms with Crippen LogP contribution in [0, 0.1) is 4.77 Å². The van der Waals surface area contributed by atoms with E-state index in [2.05, 4.69) is 22.4 Å². The number of allylic oxidation sites excluding steroid dienone is 3. The van der Waals surface area contributed by atoms with E-state index in [1.165, 1.54) is 0 Å². The first-order valence-electron chi connectivity index (χ1n) is 7.85. The maximum Gasteiger partial charge on any atom is 0.199 e. The largest absolute Gasteiger partial charge is 0.507 e. The molecule has 0 saturated heterocycles. The molecule has 0 fully saturated rings. The van der Waals surface area contributed by atoms with Crippen LogP contribution in [0.3, 0.4) is 0 Å². The van der Waals surface area contributed by atoms with Gasteiger partial charge in [-0.2, -0.15) is 5.10 Å². The average Bonchev–Trinajstić information content (AvgIpc) is 2.96. The lowest BCUT2D eigenvalue weighted by Crippen LogP contribution is -2.14. The summed E-state index contributed by atoms with van der Waals surface area (Å²) in [5.41, 5.74) is 3.35. The first-order valence-corrected chi connectivity index (χ1v) is 8.26. The van der Waals surface area contributed by atoms with Crippen LogP contribution < -0.4 is 5.32 Å². The van der Waals surface area contributed by atoms with Crippen molar-refractivity contribution in [3.63, 3.8) is 0 Å². The number of aliphatic hydroxyl groups excluding tert-OH is 1. The van der Waals surface area contributed by atoms with Crippen LogP contribution in [0.2, 0.25) is 0 Å². The molecule has 126 valence electrons. The van der Waals surface area contributed by atoms with Crippen molar-refractivity contribution < 1.29 is 10.2 Å². The highest BCUT2D eigenvalue weighted by molar-refractivity contribution is 7.71. The van der Waals surface area contributed by atoms with Gasteiger partial charge in [0.05, 0.1) is 11.3 Å². The molecule has 6 nitrogen and oxygen atoms in total. The Hall–Kier alpha value is -2.54. The number of rotatable bonds is 4. The lowest BCUT2D eigenvalue weighted by molar-refractivity contribution is 0.414. The number of aromatic hydroxyl groups is 1. The summed E-state index contributed by atoms with van der Waals surface area (Å²) < 4.78 is 2.20. The van der Waals surface area contributed by atoms with Crippen molar-refractivity contribution in [2.45, 2.75) is 26.2 Å². The number of hydrogen-bond acceptors (Lipinski definition) is 5. The molecular weight excluding hydrogens is 324 g/mol. The van der Waals surface area contributed by atoms with Crippen molar-refractivity contribution in [3.05, 3.63) is 46.1 Å². The highest BCUT2D eigenvalue weighted by Gasteiger charge is 2.20. The van der Waals surface area contributed by atoms with Crippen molar-refractivity contribution in [3.8, 4) is 17.1 Å². The summed E-state index contributed by atoms with van der Waals surface area (Å²) in [6.07, 6.45) is 3.93. The Morgan fingerprint density at radius 2 is 2.12 bits per heavy atom. The summed E-state index contributed by atoms with van der Waals surface area (Å²) in [5, 5.41) is 30.5. The lowest BCUT2D eigenvalue weighted by Gasteiger charge is -2.19. The van der Waals surface area contributed by atoms with E-state index in [4.69, 9.17) is 12.2 Å². The van der Waals surface area contributed by atoms with Gasteiger partial charge in [0.15, 0.2) is 10.6 Å². The average molecular weight is 344 g/mol. The zero-order chi connectivity index (χ0) is 17.3. The van der Waals surface area contributed by atoms with E-state index in [0.717, 1.165) is 23.4 Å². The second-order valence-corrected chi connectivity index (χ2v) is 6.03. The molecule has 3 rings (SSSR count). The molecule has 24 heavy (non-hydrogen) atoms. The van der Waals surface area contributed by atoms with E-state index >= 15 is 0 Å². The van der Waals surface area contributed by atoms with Crippen LogP contribution in [-0.4, -0.2) is 32.0 Å². The summed E-state index contributed by atoms with van der Waals surface area (Å²) >= 11 is 5.36. The molecule has 0 amide bonds. The third-order valence-electron chi connectivity index (χ3n) is 4.22. The van der Waals surface area contributed by atoms with Crippen molar-refractivity contribution in [2.24, 2.45) is 0 Å². The Morgan fingerprint density at radius 3 is 2.79 bits per heavy atom. The SMILES string of the molecule is CCc1ccc(O)c(-c2n[nH]c(=S)n2C2=CC(O)=C(NC)CC2)c1. The number of nitrogens with one attached hydrogen (secondary N) is 2. The van der Waals surface area contributed by atoms with Crippen LogP contribution in [0.5, 0.6) is 5.75 Å². The Morgan fingerprint density at radius 1 is 1.33 bits per heavy atom. The maximum absolute atomic E-state index is 10.3. The molecule has 7 heteroatoms. The molecule has 1 heterocycles. The van der Waals surface area contributed by atoms with E-state index in [-0.39, 0.29) is 11.5 Å². The number of H-pyrrole nitrogens is 1. The summed E-state index contributed by atoms with van der Waals surface area (Å²) in [4.78, 5) is 0. The molecule has 4 N–H and O–H groups in total. The van der Waals surface area contributed by atoms with Gasteiger partial charge in [0.1, 0.15) is 11.5 Å². The molecule has 1 aromatic carbocycles. The molecule has 0 bridgehead atoms. The summed E-state index contributed by atoms with van der Waals surface area (Å²) in [5.74, 6) is 0.883. The molecule has 1 aromatic heterocycles. The zero-order valence-corrected chi connectivity index (χ0v) is 14.4.